The van der Waals surface area contributed by atoms with Gasteiger partial charge in [0.05, 0.1) is 31.5 Å². The Kier molecular flexibility index (Phi) is 33.3. The van der Waals surface area contributed by atoms with Crippen LogP contribution >= 0.6 is 7.82 Å². The molecule has 0 spiro atoms. The highest BCUT2D eigenvalue weighted by molar-refractivity contribution is 7.47. The second-order valence-corrected chi connectivity index (χ2v) is 16.2. The molecule has 0 bridgehead atoms. The smallest absolute Gasteiger partial charge is 0.462 e. The van der Waals surface area contributed by atoms with E-state index in [9.17, 15) is 34.4 Å². The highest BCUT2D eigenvalue weighted by Gasteiger charge is 2.39. The molecule has 0 aromatic heterocycles. The van der Waals surface area contributed by atoms with Crippen molar-refractivity contribution in [1.82, 2.24) is 0 Å². The summed E-state index contributed by atoms with van der Waals surface area (Å²) in [6, 6.07) is 0. The third-order valence-corrected chi connectivity index (χ3v) is 10.5. The fourth-order valence-corrected chi connectivity index (χ4v) is 7.01. The third-order valence-electron chi connectivity index (χ3n) is 9.54. The van der Waals surface area contributed by atoms with Gasteiger partial charge < -0.3 is 35.4 Å². The summed E-state index contributed by atoms with van der Waals surface area (Å²) >= 11 is 0. The first kappa shape index (κ1) is 54.8. The number of carbonyl (C=O) groups is 2. The van der Waals surface area contributed by atoms with Crippen LogP contribution < -0.4 is 5.73 Å². The molecule has 0 aromatic rings. The molecule has 0 saturated heterocycles. The van der Waals surface area contributed by atoms with E-state index in [2.05, 4.69) is 74.6 Å². The van der Waals surface area contributed by atoms with Crippen molar-refractivity contribution in [3.63, 3.8) is 0 Å². The van der Waals surface area contributed by atoms with Gasteiger partial charge in [0, 0.05) is 31.7 Å². The Morgan fingerprint density at radius 1 is 0.733 bits per heavy atom. The Balaban J connectivity index is 2.46. The van der Waals surface area contributed by atoms with Gasteiger partial charge in [0.25, 0.3) is 0 Å². The molecule has 1 unspecified atom stereocenters. The van der Waals surface area contributed by atoms with Gasteiger partial charge in [0.2, 0.25) is 0 Å². The Morgan fingerprint density at radius 2 is 1.33 bits per heavy atom. The summed E-state index contributed by atoms with van der Waals surface area (Å²) in [5.74, 6) is -1.57. The van der Waals surface area contributed by atoms with Crippen molar-refractivity contribution in [2.45, 2.75) is 147 Å². The molecule has 1 aliphatic rings. The predicted octanol–water partition coefficient (Wildman–Crippen LogP) is 8.98. The van der Waals surface area contributed by atoms with Crippen LogP contribution in [-0.4, -0.2) is 82.9 Å². The number of ether oxygens (including phenoxy) is 2. The quantitative estimate of drug-likeness (QED) is 0.0176. The highest BCUT2D eigenvalue weighted by Crippen LogP contribution is 2.43. The zero-order valence-electron chi connectivity index (χ0n) is 36.2. The largest absolute Gasteiger partial charge is 0.472 e. The van der Waals surface area contributed by atoms with Crippen molar-refractivity contribution in [2.75, 3.05) is 26.4 Å². The number of allylic oxidation sites excluding steroid dienone is 14. The first-order valence-electron chi connectivity index (χ1n) is 22.0. The van der Waals surface area contributed by atoms with Crippen molar-refractivity contribution >= 4 is 19.8 Å². The molecule has 0 aliphatic heterocycles. The number of aliphatic hydroxyl groups excluding tert-OH is 3. The molecule has 0 amide bonds. The summed E-state index contributed by atoms with van der Waals surface area (Å²) in [6.07, 6.45) is 41.2. The maximum Gasteiger partial charge on any atom is 0.472 e. The average Bonchev–Trinajstić information content (AvgIpc) is 3.49. The molecule has 0 aromatic carbocycles. The van der Waals surface area contributed by atoms with Crippen molar-refractivity contribution in [1.29, 1.82) is 0 Å². The summed E-state index contributed by atoms with van der Waals surface area (Å²) in [6.45, 7) is 3.12. The minimum Gasteiger partial charge on any atom is -0.462 e. The summed E-state index contributed by atoms with van der Waals surface area (Å²) in [5, 5.41) is 31.3. The van der Waals surface area contributed by atoms with Gasteiger partial charge in [0.1, 0.15) is 6.61 Å². The number of phosphoric ester groups is 1. The van der Waals surface area contributed by atoms with Crippen molar-refractivity contribution < 1.29 is 52.9 Å². The number of aliphatic hydroxyl groups is 3. The van der Waals surface area contributed by atoms with Crippen LogP contribution in [0.15, 0.2) is 97.2 Å². The lowest BCUT2D eigenvalue weighted by Gasteiger charge is -2.20. The minimum absolute atomic E-state index is 0.000697. The second-order valence-electron chi connectivity index (χ2n) is 14.8. The molecule has 0 heterocycles. The Hall–Kier alpha value is -3.19. The normalized spacial score (nSPS) is 21.0. The summed E-state index contributed by atoms with van der Waals surface area (Å²) < 4.78 is 32.7. The molecule has 13 heteroatoms. The van der Waals surface area contributed by atoms with Crippen LogP contribution in [0.2, 0.25) is 0 Å². The Bertz CT molecular complexity index is 1420. The van der Waals surface area contributed by atoms with Crippen LogP contribution in [0, 0.1) is 11.8 Å². The van der Waals surface area contributed by atoms with Gasteiger partial charge in [-0.2, -0.15) is 0 Å². The molecular formula is C47H76NO11P. The number of nitrogens with two attached hydrogens (primary N) is 1. The molecule has 7 atom stereocenters. The van der Waals surface area contributed by atoms with Gasteiger partial charge in [0.15, 0.2) is 6.10 Å². The average molecular weight is 862 g/mol. The maximum atomic E-state index is 12.7. The molecule has 1 aliphatic carbocycles. The fourth-order valence-electron chi connectivity index (χ4n) is 6.24. The van der Waals surface area contributed by atoms with Gasteiger partial charge in [-0.1, -0.05) is 130 Å². The van der Waals surface area contributed by atoms with Crippen LogP contribution in [0.4, 0.5) is 0 Å². The first-order valence-corrected chi connectivity index (χ1v) is 23.5. The molecule has 1 rings (SSSR count). The Morgan fingerprint density at radius 3 is 1.93 bits per heavy atom. The van der Waals surface area contributed by atoms with E-state index in [-0.39, 0.29) is 50.9 Å². The molecule has 1 fully saturated rings. The van der Waals surface area contributed by atoms with E-state index < -0.39 is 50.8 Å². The van der Waals surface area contributed by atoms with E-state index in [1.165, 1.54) is 0 Å². The number of carbonyl (C=O) groups excluding carboxylic acids is 2. The molecule has 0 radical (unpaired) electrons. The van der Waals surface area contributed by atoms with Crippen molar-refractivity contribution in [3.8, 4) is 0 Å². The fraction of sp³-hybridized carbons (Fsp3) is 0.617. The van der Waals surface area contributed by atoms with Crippen molar-refractivity contribution in [3.05, 3.63) is 97.2 Å². The number of rotatable bonds is 35. The van der Waals surface area contributed by atoms with E-state index in [4.69, 9.17) is 24.3 Å². The minimum atomic E-state index is -4.47. The number of hydrogen-bond donors (Lipinski definition) is 5. The van der Waals surface area contributed by atoms with Gasteiger partial charge in [-0.25, -0.2) is 4.57 Å². The Labute approximate surface area is 360 Å². The van der Waals surface area contributed by atoms with E-state index in [1.54, 1.807) is 6.08 Å². The number of esters is 2. The van der Waals surface area contributed by atoms with E-state index in [1.807, 2.05) is 30.4 Å². The number of phosphoric acid groups is 1. The summed E-state index contributed by atoms with van der Waals surface area (Å²) in [5.41, 5.74) is 5.34. The van der Waals surface area contributed by atoms with Gasteiger partial charge in [-0.3, -0.25) is 18.6 Å². The molecular weight excluding hydrogens is 785 g/mol. The SMILES string of the molecule is CC/C=C\C/C=C\C/C=C\C/C=C\C/C=C\C/C=C\CCC(=O)OC[C@H](COP(=O)(O)OCCN)OC(=O)CCC/C=C/C[C@@H]1[C@@H](/C=C/[C@@H](O)CCCCC)[C@H](O)C[C@@H]1O. The second kappa shape index (κ2) is 36.5. The zero-order valence-corrected chi connectivity index (χ0v) is 37.1. The highest BCUT2D eigenvalue weighted by atomic mass is 31.2. The summed E-state index contributed by atoms with van der Waals surface area (Å²) in [4.78, 5) is 35.0. The molecule has 6 N–H and O–H groups in total. The van der Waals surface area contributed by atoms with Crippen LogP contribution in [-0.2, 0) is 32.7 Å². The number of unbranched alkanes of at least 4 members (excludes halogenated alkanes) is 3. The van der Waals surface area contributed by atoms with Gasteiger partial charge >= 0.3 is 19.8 Å². The van der Waals surface area contributed by atoms with E-state index in [0.29, 0.717) is 32.1 Å². The molecule has 340 valence electrons. The number of hydrogen-bond acceptors (Lipinski definition) is 11. The van der Waals surface area contributed by atoms with Crippen molar-refractivity contribution in [2.24, 2.45) is 17.6 Å². The molecule has 12 nitrogen and oxygen atoms in total. The van der Waals surface area contributed by atoms with Gasteiger partial charge in [-0.05, 0) is 76.5 Å². The van der Waals surface area contributed by atoms with Crippen LogP contribution in [0.3, 0.4) is 0 Å². The third kappa shape index (κ3) is 29.9. The monoisotopic (exact) mass is 862 g/mol. The maximum absolute atomic E-state index is 12.7. The topological polar surface area (TPSA) is 195 Å². The van der Waals surface area contributed by atoms with Gasteiger partial charge in [-0.15, -0.1) is 0 Å². The van der Waals surface area contributed by atoms with Crippen LogP contribution in [0.25, 0.3) is 0 Å². The standard InChI is InChI=1S/C47H76NO11P/c1-3-5-7-8-9-10-11-12-13-14-15-16-17-18-19-20-21-22-27-31-46(52)56-38-41(39-58-60(54,55)57-36-35-48)59-47(53)32-28-24-23-26-30-42-43(45(51)37-44(42)50)34-33-40(49)29-25-6-4-2/h5,7,9-10,12-13,15-16,18-19,21-23,26,33-34,40-45,49-51H,3-4,6,8,11,14,17,20,24-25,27-32,35-39,48H2,1-2H3,(H,54,55)/b7-5-,10-9-,13-12-,16-15-,19-18-,22-21-,26-23+,34-33+/t40-,41+,42+,43+,44-,45+/m0/s1. The lowest BCUT2D eigenvalue weighted by molar-refractivity contribution is -0.161. The zero-order chi connectivity index (χ0) is 44.1. The van der Waals surface area contributed by atoms with Crippen LogP contribution in [0.1, 0.15) is 123 Å². The predicted molar refractivity (Wildman–Crippen MR) is 240 cm³/mol. The van der Waals surface area contributed by atoms with E-state index in [0.717, 1.165) is 57.8 Å². The molecule has 1 saturated carbocycles. The van der Waals surface area contributed by atoms with Crippen LogP contribution in [0.5, 0.6) is 0 Å². The first-order chi connectivity index (χ1) is 29.0. The summed E-state index contributed by atoms with van der Waals surface area (Å²) in [7, 11) is -4.47. The lowest BCUT2D eigenvalue weighted by atomic mass is 9.89. The van der Waals surface area contributed by atoms with E-state index >= 15 is 0 Å². The molecule has 60 heavy (non-hydrogen) atoms. The lowest BCUT2D eigenvalue weighted by Crippen LogP contribution is -2.29.